The zero-order valence-corrected chi connectivity index (χ0v) is 19.3. The van der Waals surface area contributed by atoms with Crippen molar-refractivity contribution in [3.05, 3.63) is 99.6 Å². The second kappa shape index (κ2) is 10.6. The molecule has 0 saturated carbocycles. The van der Waals surface area contributed by atoms with Crippen LogP contribution in [0.3, 0.4) is 0 Å². The fraction of sp³-hybridized carbons (Fsp3) is 0.0833. The quantitative estimate of drug-likeness (QED) is 0.264. The van der Waals surface area contributed by atoms with Crippen molar-refractivity contribution in [3.63, 3.8) is 0 Å². The number of anilines is 2. The molecule has 2 aromatic carbocycles. The number of amidine groups is 1. The predicted molar refractivity (Wildman–Crippen MR) is 132 cm³/mol. The second-order valence-electron chi connectivity index (χ2n) is 7.39. The van der Waals surface area contributed by atoms with Gasteiger partial charge in [-0.3, -0.25) is 19.6 Å². The maximum absolute atomic E-state index is 13.2. The summed E-state index contributed by atoms with van der Waals surface area (Å²) < 4.78 is 6.99. The van der Waals surface area contributed by atoms with Crippen LogP contribution in [0.15, 0.2) is 77.7 Å². The molecular formula is C24H20ClN7O3. The first-order chi connectivity index (χ1) is 16.9. The summed E-state index contributed by atoms with van der Waals surface area (Å²) in [5.41, 5.74) is 0.298. The fourth-order valence-electron chi connectivity index (χ4n) is 3.07. The number of carbonyl (C=O) groups is 1. The van der Waals surface area contributed by atoms with E-state index in [0.717, 1.165) is 5.56 Å². The first-order valence-electron chi connectivity index (χ1n) is 10.4. The van der Waals surface area contributed by atoms with Crippen molar-refractivity contribution in [2.75, 3.05) is 5.32 Å². The number of aromatic nitrogens is 4. The Morgan fingerprint density at radius 3 is 2.46 bits per heavy atom. The Kier molecular flexibility index (Phi) is 7.12. The van der Waals surface area contributed by atoms with Gasteiger partial charge in [0.05, 0.1) is 12.4 Å². The largest absolute Gasteiger partial charge is 0.439 e. The van der Waals surface area contributed by atoms with Gasteiger partial charge in [0.1, 0.15) is 5.75 Å². The van der Waals surface area contributed by atoms with E-state index in [-0.39, 0.29) is 18.3 Å². The van der Waals surface area contributed by atoms with Crippen molar-refractivity contribution in [2.24, 2.45) is 0 Å². The number of pyridine rings is 1. The van der Waals surface area contributed by atoms with Gasteiger partial charge in [0.25, 0.3) is 11.5 Å². The number of carbonyl (C=O) groups excluding carboxylic acids is 1. The molecule has 0 spiro atoms. The average molecular weight is 490 g/mol. The summed E-state index contributed by atoms with van der Waals surface area (Å²) in [6.45, 7) is 1.49. The summed E-state index contributed by atoms with van der Waals surface area (Å²) in [5.74, 6) is 0.252. The molecule has 0 fully saturated rings. The smallest absolute Gasteiger partial charge is 0.287 e. The van der Waals surface area contributed by atoms with Gasteiger partial charge in [-0.05, 0) is 55.0 Å². The molecule has 3 N–H and O–H groups in total. The van der Waals surface area contributed by atoms with Gasteiger partial charge in [-0.15, -0.1) is 10.2 Å². The number of amides is 1. The summed E-state index contributed by atoms with van der Waals surface area (Å²) in [6.07, 6.45) is 1.64. The minimum atomic E-state index is -0.803. The van der Waals surface area contributed by atoms with Gasteiger partial charge >= 0.3 is 0 Å². The Hall–Kier alpha value is -4.57. The zero-order valence-electron chi connectivity index (χ0n) is 18.5. The van der Waals surface area contributed by atoms with E-state index in [1.807, 2.05) is 6.07 Å². The van der Waals surface area contributed by atoms with E-state index < -0.39 is 17.2 Å². The molecule has 176 valence electrons. The molecule has 10 nitrogen and oxygen atoms in total. The van der Waals surface area contributed by atoms with Crippen molar-refractivity contribution in [3.8, 4) is 11.6 Å². The lowest BCUT2D eigenvalue weighted by Crippen LogP contribution is -2.37. The van der Waals surface area contributed by atoms with Gasteiger partial charge in [-0.1, -0.05) is 29.8 Å². The summed E-state index contributed by atoms with van der Waals surface area (Å²) in [5, 5.41) is 21.2. The van der Waals surface area contributed by atoms with Gasteiger partial charge in [0.2, 0.25) is 17.5 Å². The van der Waals surface area contributed by atoms with Crippen molar-refractivity contribution in [1.82, 2.24) is 25.1 Å². The number of hydrogen-bond acceptors (Lipinski definition) is 8. The molecule has 0 aliphatic carbocycles. The van der Waals surface area contributed by atoms with Crippen molar-refractivity contribution >= 4 is 35.0 Å². The third-order valence-electron chi connectivity index (χ3n) is 4.69. The maximum Gasteiger partial charge on any atom is 0.287 e. The molecule has 0 aliphatic heterocycles. The lowest BCUT2D eigenvalue weighted by Gasteiger charge is -2.14. The normalized spacial score (nSPS) is 10.5. The lowest BCUT2D eigenvalue weighted by molar-refractivity contribution is 0.0968. The summed E-state index contributed by atoms with van der Waals surface area (Å²) in [7, 11) is 0. The molecule has 4 aromatic rings. The Labute approximate surface area is 205 Å². The molecule has 1 amide bonds. The first kappa shape index (κ1) is 23.6. The second-order valence-corrected chi connectivity index (χ2v) is 7.82. The van der Waals surface area contributed by atoms with Crippen LogP contribution in [0.1, 0.15) is 23.0 Å². The molecule has 2 aromatic heterocycles. The fourth-order valence-corrected chi connectivity index (χ4v) is 3.19. The molecule has 0 atom stereocenters. The predicted octanol–water partition coefficient (Wildman–Crippen LogP) is 4.00. The third-order valence-corrected chi connectivity index (χ3v) is 4.94. The number of halogens is 1. The van der Waals surface area contributed by atoms with Gasteiger partial charge in [0.15, 0.2) is 0 Å². The minimum Gasteiger partial charge on any atom is -0.439 e. The third kappa shape index (κ3) is 6.06. The van der Waals surface area contributed by atoms with Crippen LogP contribution in [0.4, 0.5) is 11.6 Å². The van der Waals surface area contributed by atoms with E-state index in [2.05, 4.69) is 25.8 Å². The minimum absolute atomic E-state index is 0.110. The summed E-state index contributed by atoms with van der Waals surface area (Å²) in [6, 6.07) is 19.3. The molecule has 0 aliphatic rings. The Morgan fingerprint density at radius 1 is 1.06 bits per heavy atom. The highest BCUT2D eigenvalue weighted by Gasteiger charge is 2.19. The average Bonchev–Trinajstić information content (AvgIpc) is 2.84. The molecule has 0 unspecified atom stereocenters. The van der Waals surface area contributed by atoms with Crippen LogP contribution in [0, 0.1) is 5.41 Å². The highest BCUT2D eigenvalue weighted by molar-refractivity contribution is 6.30. The van der Waals surface area contributed by atoms with Crippen molar-refractivity contribution < 1.29 is 9.53 Å². The summed E-state index contributed by atoms with van der Waals surface area (Å²) >= 11 is 5.97. The van der Waals surface area contributed by atoms with Crippen LogP contribution >= 0.6 is 11.6 Å². The van der Waals surface area contributed by atoms with Crippen molar-refractivity contribution in [2.45, 2.75) is 13.5 Å². The van der Waals surface area contributed by atoms with Gasteiger partial charge in [-0.25, -0.2) is 4.98 Å². The van der Waals surface area contributed by atoms with E-state index in [4.69, 9.17) is 21.7 Å². The Morgan fingerprint density at radius 2 is 1.80 bits per heavy atom. The topological polar surface area (TPSA) is 135 Å². The lowest BCUT2D eigenvalue weighted by atomic mass is 10.2. The SMILES string of the molecule is CC(=N)NC(=O)c1nnc(Nc2ccc(Oc3ccccn3)cc2)n(Cc2ccc(Cl)cc2)c1=O. The maximum atomic E-state index is 13.2. The molecule has 4 rings (SSSR count). The van der Waals surface area contributed by atoms with E-state index in [1.165, 1.54) is 11.5 Å². The van der Waals surface area contributed by atoms with Crippen LogP contribution in [0.5, 0.6) is 11.6 Å². The van der Waals surface area contributed by atoms with Gasteiger partial charge < -0.3 is 15.4 Å². The number of benzene rings is 2. The van der Waals surface area contributed by atoms with Crippen molar-refractivity contribution in [1.29, 1.82) is 5.41 Å². The van der Waals surface area contributed by atoms with Crippen LogP contribution < -0.4 is 20.9 Å². The van der Waals surface area contributed by atoms with E-state index in [0.29, 0.717) is 22.3 Å². The molecule has 35 heavy (non-hydrogen) atoms. The Bertz CT molecular complexity index is 1410. The monoisotopic (exact) mass is 489 g/mol. The Balaban J connectivity index is 1.63. The van der Waals surface area contributed by atoms with E-state index in [1.54, 1.807) is 66.9 Å². The van der Waals surface area contributed by atoms with E-state index >= 15 is 0 Å². The first-order valence-corrected chi connectivity index (χ1v) is 10.8. The highest BCUT2D eigenvalue weighted by Crippen LogP contribution is 2.23. The van der Waals surface area contributed by atoms with Crippen LogP contribution in [-0.2, 0) is 6.54 Å². The molecular weight excluding hydrogens is 470 g/mol. The molecule has 2 heterocycles. The summed E-state index contributed by atoms with van der Waals surface area (Å²) in [4.78, 5) is 29.6. The standard InChI is InChI=1S/C24H20ClN7O3/c1-15(26)28-22(33)21-23(34)32(14-16-5-7-17(25)8-6-16)24(31-30-21)29-18-9-11-19(12-10-18)35-20-4-2-3-13-27-20/h2-13H,14H2,1H3,(H,29,31)(H2,26,28,33). The molecule has 11 heteroatoms. The van der Waals surface area contributed by atoms with Crippen LogP contribution in [0.2, 0.25) is 5.02 Å². The number of ether oxygens (including phenoxy) is 1. The number of hydrogen-bond donors (Lipinski definition) is 3. The van der Waals surface area contributed by atoms with Gasteiger partial charge in [-0.2, -0.15) is 0 Å². The highest BCUT2D eigenvalue weighted by atomic mass is 35.5. The van der Waals surface area contributed by atoms with Gasteiger partial charge in [0, 0.05) is 23.0 Å². The zero-order chi connectivity index (χ0) is 24.8. The molecule has 0 radical (unpaired) electrons. The van der Waals surface area contributed by atoms with Crippen LogP contribution in [0.25, 0.3) is 0 Å². The molecule has 0 saturated heterocycles. The number of nitrogens with zero attached hydrogens (tertiary/aromatic N) is 4. The number of rotatable bonds is 7. The van der Waals surface area contributed by atoms with E-state index in [9.17, 15) is 9.59 Å². The molecule has 0 bridgehead atoms. The van der Waals surface area contributed by atoms with Crippen LogP contribution in [-0.4, -0.2) is 31.5 Å². The number of nitrogens with one attached hydrogen (secondary N) is 3.